The molecule has 0 bridgehead atoms. The molecule has 6 nitrogen and oxygen atoms in total. The van der Waals surface area contributed by atoms with Gasteiger partial charge in [0, 0.05) is 23.6 Å². The number of hydrogen-bond acceptors (Lipinski definition) is 5. The van der Waals surface area contributed by atoms with Gasteiger partial charge in [-0.2, -0.15) is 0 Å². The van der Waals surface area contributed by atoms with Crippen LogP contribution in [0.5, 0.6) is 0 Å². The Bertz CT molecular complexity index is 626. The van der Waals surface area contributed by atoms with Gasteiger partial charge in [0.1, 0.15) is 0 Å². The molecule has 0 fully saturated rings. The van der Waals surface area contributed by atoms with Gasteiger partial charge < -0.3 is 10.4 Å². The predicted molar refractivity (Wildman–Crippen MR) is 83.7 cm³/mol. The molecule has 0 spiro atoms. The van der Waals surface area contributed by atoms with Crippen LogP contribution >= 0.6 is 11.3 Å². The zero-order valence-corrected chi connectivity index (χ0v) is 12.6. The number of nitro benzene ring substituents is 1. The van der Waals surface area contributed by atoms with Crippen molar-refractivity contribution >= 4 is 22.9 Å². The summed E-state index contributed by atoms with van der Waals surface area (Å²) in [5.74, 6) is -0.174. The minimum atomic E-state index is -0.570. The molecular formula is C15H16N2O4S. The molecule has 0 aliphatic carbocycles. The van der Waals surface area contributed by atoms with Gasteiger partial charge in [-0.25, -0.2) is 0 Å². The van der Waals surface area contributed by atoms with Crippen LogP contribution in [0.2, 0.25) is 0 Å². The highest BCUT2D eigenvalue weighted by Crippen LogP contribution is 2.20. The van der Waals surface area contributed by atoms with Crippen molar-refractivity contribution in [1.29, 1.82) is 0 Å². The number of nitrogens with zero attached hydrogens (tertiary/aromatic N) is 1. The first-order valence-corrected chi connectivity index (χ1v) is 7.65. The van der Waals surface area contributed by atoms with E-state index in [2.05, 4.69) is 5.32 Å². The summed E-state index contributed by atoms with van der Waals surface area (Å²) in [6.45, 7) is 0.380. The van der Waals surface area contributed by atoms with Crippen molar-refractivity contribution < 1.29 is 14.8 Å². The van der Waals surface area contributed by atoms with Crippen molar-refractivity contribution in [2.75, 3.05) is 6.54 Å². The van der Waals surface area contributed by atoms with Crippen LogP contribution in [0.4, 0.5) is 5.69 Å². The van der Waals surface area contributed by atoms with Gasteiger partial charge in [0.05, 0.1) is 17.4 Å². The van der Waals surface area contributed by atoms with E-state index < -0.39 is 11.0 Å². The standard InChI is InChI=1S/C15H16N2O4S/c18-13(14-2-1-9-22-14)7-8-16-15(19)10-11-3-5-12(6-4-11)17(20)21/h1-6,9,13,18H,7-8,10H2,(H,16,19). The highest BCUT2D eigenvalue weighted by atomic mass is 32.1. The zero-order chi connectivity index (χ0) is 15.9. The second kappa shape index (κ2) is 7.67. The van der Waals surface area contributed by atoms with Gasteiger partial charge >= 0.3 is 0 Å². The fourth-order valence-corrected chi connectivity index (χ4v) is 2.70. The number of thiophene rings is 1. The number of amides is 1. The zero-order valence-electron chi connectivity index (χ0n) is 11.8. The lowest BCUT2D eigenvalue weighted by atomic mass is 10.1. The molecule has 1 atom stereocenters. The number of nitrogens with one attached hydrogen (secondary N) is 1. The molecule has 1 aromatic carbocycles. The van der Waals surface area contributed by atoms with Crippen molar-refractivity contribution in [3.05, 3.63) is 62.3 Å². The molecule has 0 saturated carbocycles. The lowest BCUT2D eigenvalue weighted by molar-refractivity contribution is -0.384. The van der Waals surface area contributed by atoms with Crippen LogP contribution in [-0.4, -0.2) is 22.5 Å². The molecule has 22 heavy (non-hydrogen) atoms. The van der Waals surface area contributed by atoms with Crippen LogP contribution in [0.15, 0.2) is 41.8 Å². The average molecular weight is 320 g/mol. The van der Waals surface area contributed by atoms with E-state index in [1.807, 2.05) is 17.5 Å². The molecule has 1 heterocycles. The van der Waals surface area contributed by atoms with Crippen molar-refractivity contribution in [3.8, 4) is 0 Å². The highest BCUT2D eigenvalue weighted by molar-refractivity contribution is 7.10. The maximum atomic E-state index is 11.8. The van der Waals surface area contributed by atoms with Gasteiger partial charge in [0.2, 0.25) is 5.91 Å². The van der Waals surface area contributed by atoms with Gasteiger partial charge in [-0.3, -0.25) is 14.9 Å². The summed E-state index contributed by atoms with van der Waals surface area (Å²) in [6, 6.07) is 9.62. The van der Waals surface area contributed by atoms with Crippen LogP contribution < -0.4 is 5.32 Å². The number of benzene rings is 1. The Morgan fingerprint density at radius 2 is 2.05 bits per heavy atom. The van der Waals surface area contributed by atoms with Gasteiger partial charge in [-0.05, 0) is 23.4 Å². The molecule has 2 rings (SSSR count). The van der Waals surface area contributed by atoms with E-state index in [1.165, 1.54) is 23.5 Å². The highest BCUT2D eigenvalue weighted by Gasteiger charge is 2.10. The molecule has 7 heteroatoms. The van der Waals surface area contributed by atoms with E-state index in [1.54, 1.807) is 12.1 Å². The fourth-order valence-electron chi connectivity index (χ4n) is 1.95. The van der Waals surface area contributed by atoms with Gasteiger partial charge in [0.25, 0.3) is 5.69 Å². The number of rotatable bonds is 7. The summed E-state index contributed by atoms with van der Waals surface area (Å²) in [5.41, 5.74) is 0.713. The molecule has 0 aliphatic heterocycles. The summed E-state index contributed by atoms with van der Waals surface area (Å²) in [6.07, 6.45) is 0.0410. The van der Waals surface area contributed by atoms with Crippen LogP contribution in [0.25, 0.3) is 0 Å². The third kappa shape index (κ3) is 4.64. The maximum Gasteiger partial charge on any atom is 0.269 e. The molecule has 0 saturated heterocycles. The first kappa shape index (κ1) is 16.1. The molecule has 0 radical (unpaired) electrons. The van der Waals surface area contributed by atoms with E-state index in [9.17, 15) is 20.0 Å². The second-order valence-electron chi connectivity index (χ2n) is 4.77. The molecule has 1 amide bonds. The van der Waals surface area contributed by atoms with Crippen LogP contribution in [-0.2, 0) is 11.2 Å². The first-order chi connectivity index (χ1) is 10.6. The van der Waals surface area contributed by atoms with Crippen molar-refractivity contribution in [2.45, 2.75) is 18.9 Å². The fraction of sp³-hybridized carbons (Fsp3) is 0.267. The van der Waals surface area contributed by atoms with Crippen molar-refractivity contribution in [1.82, 2.24) is 5.32 Å². The lowest BCUT2D eigenvalue weighted by Gasteiger charge is -2.09. The summed E-state index contributed by atoms with van der Waals surface area (Å²) in [5, 5.41) is 25.1. The van der Waals surface area contributed by atoms with Gasteiger partial charge in [-0.15, -0.1) is 11.3 Å². The van der Waals surface area contributed by atoms with E-state index in [4.69, 9.17) is 0 Å². The number of hydrogen-bond donors (Lipinski definition) is 2. The smallest absolute Gasteiger partial charge is 0.269 e. The quantitative estimate of drug-likeness (QED) is 0.605. The SMILES string of the molecule is O=C(Cc1ccc([N+](=O)[O-])cc1)NCCC(O)c1cccs1. The Hall–Kier alpha value is -2.25. The molecule has 0 aliphatic rings. The molecule has 1 unspecified atom stereocenters. The van der Waals surface area contributed by atoms with Gasteiger partial charge in [0.15, 0.2) is 0 Å². The topological polar surface area (TPSA) is 92.5 Å². The van der Waals surface area contributed by atoms with Crippen molar-refractivity contribution in [2.24, 2.45) is 0 Å². The minimum absolute atomic E-state index is 0.00299. The van der Waals surface area contributed by atoms with E-state index >= 15 is 0 Å². The molecule has 2 aromatic rings. The largest absolute Gasteiger partial charge is 0.388 e. The monoisotopic (exact) mass is 320 g/mol. The molecule has 1 aromatic heterocycles. The third-order valence-corrected chi connectivity index (χ3v) is 4.10. The summed E-state index contributed by atoms with van der Waals surface area (Å²) >= 11 is 1.48. The van der Waals surface area contributed by atoms with E-state index in [-0.39, 0.29) is 18.0 Å². The average Bonchev–Trinajstić information content (AvgIpc) is 3.02. The molecule has 116 valence electrons. The summed E-state index contributed by atoms with van der Waals surface area (Å²) < 4.78 is 0. The third-order valence-electron chi connectivity index (χ3n) is 3.12. The predicted octanol–water partition coefficient (Wildman–Crippen LogP) is 2.44. The summed E-state index contributed by atoms with van der Waals surface area (Å²) in [4.78, 5) is 22.7. The Balaban J connectivity index is 1.74. The normalized spacial score (nSPS) is 11.9. The molecule has 2 N–H and O–H groups in total. The first-order valence-electron chi connectivity index (χ1n) is 6.78. The lowest BCUT2D eigenvalue weighted by Crippen LogP contribution is -2.27. The Morgan fingerprint density at radius 3 is 2.64 bits per heavy atom. The maximum absolute atomic E-state index is 11.8. The number of carbonyl (C=O) groups excluding carboxylic acids is 1. The van der Waals surface area contributed by atoms with E-state index in [0.29, 0.717) is 18.5 Å². The van der Waals surface area contributed by atoms with Crippen LogP contribution in [0.3, 0.4) is 0 Å². The Labute approximate surface area is 131 Å². The van der Waals surface area contributed by atoms with Crippen LogP contribution in [0.1, 0.15) is 23.0 Å². The Morgan fingerprint density at radius 1 is 1.32 bits per heavy atom. The number of aliphatic hydroxyl groups is 1. The van der Waals surface area contributed by atoms with Crippen molar-refractivity contribution in [3.63, 3.8) is 0 Å². The van der Waals surface area contributed by atoms with E-state index in [0.717, 1.165) is 4.88 Å². The summed E-state index contributed by atoms with van der Waals surface area (Å²) in [7, 11) is 0. The number of nitro groups is 1. The number of non-ortho nitro benzene ring substituents is 1. The number of carbonyl (C=O) groups is 1. The minimum Gasteiger partial charge on any atom is -0.388 e. The molecular weight excluding hydrogens is 304 g/mol. The van der Waals surface area contributed by atoms with Crippen LogP contribution in [0, 0.1) is 10.1 Å². The Kier molecular flexibility index (Phi) is 5.62. The second-order valence-corrected chi connectivity index (χ2v) is 5.75. The number of aliphatic hydroxyl groups excluding tert-OH is 1. The van der Waals surface area contributed by atoms with Gasteiger partial charge in [-0.1, -0.05) is 18.2 Å².